The molecule has 1 N–H and O–H groups in total. The first kappa shape index (κ1) is 15.3. The first-order valence-electron chi connectivity index (χ1n) is 6.56. The minimum absolute atomic E-state index is 0.308. The molecule has 1 aromatic rings. The number of benzene rings is 1. The standard InChI is InChI=1S/C16H23NO2/c1-13(12-15(18)19-16(2,3)4)17-11-10-14-8-6-5-7-9-14/h5-9,12,17H,10-11H2,1-4H3/b13-12+. The van der Waals surface area contributed by atoms with Crippen molar-refractivity contribution in [3.05, 3.63) is 47.7 Å². The molecule has 0 unspecified atom stereocenters. The third-order valence-corrected chi connectivity index (χ3v) is 2.40. The van der Waals surface area contributed by atoms with Crippen molar-refractivity contribution in [2.24, 2.45) is 0 Å². The zero-order valence-electron chi connectivity index (χ0n) is 12.2. The summed E-state index contributed by atoms with van der Waals surface area (Å²) < 4.78 is 5.22. The van der Waals surface area contributed by atoms with Gasteiger partial charge in [-0.05, 0) is 39.7 Å². The van der Waals surface area contributed by atoms with Gasteiger partial charge in [0, 0.05) is 18.3 Å². The van der Waals surface area contributed by atoms with Gasteiger partial charge in [-0.1, -0.05) is 30.3 Å². The smallest absolute Gasteiger partial charge is 0.333 e. The summed E-state index contributed by atoms with van der Waals surface area (Å²) in [5.74, 6) is -0.308. The molecule has 0 aliphatic rings. The number of nitrogens with one attached hydrogen (secondary N) is 1. The maximum absolute atomic E-state index is 11.6. The van der Waals surface area contributed by atoms with Crippen LogP contribution in [0, 0.1) is 0 Å². The lowest BCUT2D eigenvalue weighted by Crippen LogP contribution is -2.24. The van der Waals surface area contributed by atoms with Gasteiger partial charge in [-0.3, -0.25) is 0 Å². The van der Waals surface area contributed by atoms with Crippen molar-refractivity contribution in [3.63, 3.8) is 0 Å². The molecule has 3 heteroatoms. The molecule has 0 spiro atoms. The Morgan fingerprint density at radius 2 is 1.89 bits per heavy atom. The molecule has 0 aromatic heterocycles. The lowest BCUT2D eigenvalue weighted by atomic mass is 10.1. The molecule has 0 atom stereocenters. The lowest BCUT2D eigenvalue weighted by Gasteiger charge is -2.18. The van der Waals surface area contributed by atoms with Crippen molar-refractivity contribution in [1.82, 2.24) is 5.32 Å². The number of hydrogen-bond acceptors (Lipinski definition) is 3. The van der Waals surface area contributed by atoms with Crippen LogP contribution in [-0.4, -0.2) is 18.1 Å². The summed E-state index contributed by atoms with van der Waals surface area (Å²) in [5.41, 5.74) is 1.66. The Bertz CT molecular complexity index is 430. The number of esters is 1. The summed E-state index contributed by atoms with van der Waals surface area (Å²) in [4.78, 5) is 11.6. The van der Waals surface area contributed by atoms with Crippen LogP contribution in [0.25, 0.3) is 0 Å². The van der Waals surface area contributed by atoms with Gasteiger partial charge in [0.2, 0.25) is 0 Å². The molecular formula is C16H23NO2. The molecule has 0 radical (unpaired) electrons. The highest BCUT2D eigenvalue weighted by Crippen LogP contribution is 2.07. The zero-order chi connectivity index (χ0) is 14.3. The van der Waals surface area contributed by atoms with E-state index in [9.17, 15) is 4.79 Å². The van der Waals surface area contributed by atoms with E-state index in [0.29, 0.717) is 0 Å². The predicted octanol–water partition coefficient (Wildman–Crippen LogP) is 3.06. The largest absolute Gasteiger partial charge is 0.457 e. The second kappa shape index (κ2) is 6.98. The van der Waals surface area contributed by atoms with Crippen molar-refractivity contribution in [3.8, 4) is 0 Å². The molecule has 0 amide bonds. The van der Waals surface area contributed by atoms with Crippen molar-refractivity contribution >= 4 is 5.97 Å². The minimum atomic E-state index is -0.447. The second-order valence-electron chi connectivity index (χ2n) is 5.52. The zero-order valence-corrected chi connectivity index (χ0v) is 12.2. The number of ether oxygens (including phenoxy) is 1. The Morgan fingerprint density at radius 3 is 2.47 bits per heavy atom. The molecule has 0 aliphatic carbocycles. The summed E-state index contributed by atoms with van der Waals surface area (Å²) in [7, 11) is 0. The average molecular weight is 261 g/mol. The summed E-state index contributed by atoms with van der Waals surface area (Å²) in [6, 6.07) is 10.2. The number of carbonyl (C=O) groups is 1. The Kier molecular flexibility index (Phi) is 5.61. The van der Waals surface area contributed by atoms with Crippen molar-refractivity contribution in [2.75, 3.05) is 6.54 Å². The number of carbonyl (C=O) groups excluding carboxylic acids is 1. The van der Waals surface area contributed by atoms with Gasteiger partial charge in [-0.2, -0.15) is 0 Å². The van der Waals surface area contributed by atoms with Gasteiger partial charge in [-0.15, -0.1) is 0 Å². The Morgan fingerprint density at radius 1 is 1.26 bits per heavy atom. The van der Waals surface area contributed by atoms with E-state index in [-0.39, 0.29) is 5.97 Å². The van der Waals surface area contributed by atoms with E-state index in [1.165, 1.54) is 11.6 Å². The molecule has 1 rings (SSSR count). The van der Waals surface area contributed by atoms with E-state index in [2.05, 4.69) is 17.4 Å². The van der Waals surface area contributed by atoms with Gasteiger partial charge < -0.3 is 10.1 Å². The van der Waals surface area contributed by atoms with E-state index < -0.39 is 5.60 Å². The molecule has 3 nitrogen and oxygen atoms in total. The predicted molar refractivity (Wildman–Crippen MR) is 77.8 cm³/mol. The van der Waals surface area contributed by atoms with Crippen molar-refractivity contribution in [2.45, 2.75) is 39.7 Å². The normalized spacial score (nSPS) is 12.1. The maximum atomic E-state index is 11.6. The van der Waals surface area contributed by atoms with Crippen LogP contribution in [0.15, 0.2) is 42.1 Å². The third kappa shape index (κ3) is 7.29. The fraction of sp³-hybridized carbons (Fsp3) is 0.438. The summed E-state index contributed by atoms with van der Waals surface area (Å²) in [5, 5.41) is 3.21. The van der Waals surface area contributed by atoms with Crippen LogP contribution in [0.1, 0.15) is 33.3 Å². The fourth-order valence-electron chi connectivity index (χ4n) is 1.61. The average Bonchev–Trinajstić information content (AvgIpc) is 2.27. The molecule has 0 bridgehead atoms. The molecule has 0 heterocycles. The molecule has 0 saturated heterocycles. The molecule has 19 heavy (non-hydrogen) atoms. The number of rotatable bonds is 5. The first-order valence-corrected chi connectivity index (χ1v) is 6.56. The van der Waals surface area contributed by atoms with E-state index in [4.69, 9.17) is 4.74 Å². The van der Waals surface area contributed by atoms with Gasteiger partial charge in [0.25, 0.3) is 0 Å². The first-order chi connectivity index (χ1) is 8.87. The van der Waals surface area contributed by atoms with Crippen LogP contribution in [0.2, 0.25) is 0 Å². The Labute approximate surface area is 115 Å². The van der Waals surface area contributed by atoms with Gasteiger partial charge in [0.1, 0.15) is 5.60 Å². The molecule has 0 aliphatic heterocycles. The summed E-state index contributed by atoms with van der Waals surface area (Å²) >= 11 is 0. The van der Waals surface area contributed by atoms with Gasteiger partial charge in [-0.25, -0.2) is 4.79 Å². The van der Waals surface area contributed by atoms with Gasteiger partial charge in [0.15, 0.2) is 0 Å². The van der Waals surface area contributed by atoms with Crippen molar-refractivity contribution < 1.29 is 9.53 Å². The van der Waals surface area contributed by atoms with Crippen LogP contribution >= 0.6 is 0 Å². The molecule has 104 valence electrons. The fourth-order valence-corrected chi connectivity index (χ4v) is 1.61. The minimum Gasteiger partial charge on any atom is -0.457 e. The van der Waals surface area contributed by atoms with Crippen LogP contribution in [0.5, 0.6) is 0 Å². The van der Waals surface area contributed by atoms with Crippen molar-refractivity contribution in [1.29, 1.82) is 0 Å². The highest BCUT2D eigenvalue weighted by molar-refractivity contribution is 5.82. The Balaban J connectivity index is 2.34. The van der Waals surface area contributed by atoms with E-state index >= 15 is 0 Å². The molecule has 1 aromatic carbocycles. The highest BCUT2D eigenvalue weighted by atomic mass is 16.6. The van der Waals surface area contributed by atoms with Crippen LogP contribution in [0.4, 0.5) is 0 Å². The van der Waals surface area contributed by atoms with E-state index in [1.54, 1.807) is 0 Å². The molecule has 0 fully saturated rings. The Hall–Kier alpha value is -1.77. The summed E-state index contributed by atoms with van der Waals surface area (Å²) in [6.07, 6.45) is 2.43. The molecular weight excluding hydrogens is 238 g/mol. The van der Waals surface area contributed by atoms with E-state index in [0.717, 1.165) is 18.7 Å². The maximum Gasteiger partial charge on any atom is 0.333 e. The van der Waals surface area contributed by atoms with Crippen LogP contribution in [0.3, 0.4) is 0 Å². The number of allylic oxidation sites excluding steroid dienone is 1. The highest BCUT2D eigenvalue weighted by Gasteiger charge is 2.14. The quantitative estimate of drug-likeness (QED) is 0.654. The lowest BCUT2D eigenvalue weighted by molar-refractivity contribution is -0.148. The number of hydrogen-bond donors (Lipinski definition) is 1. The molecule has 0 saturated carbocycles. The monoisotopic (exact) mass is 261 g/mol. The van der Waals surface area contributed by atoms with Gasteiger partial charge in [0.05, 0.1) is 0 Å². The van der Waals surface area contributed by atoms with E-state index in [1.807, 2.05) is 45.9 Å². The summed E-state index contributed by atoms with van der Waals surface area (Å²) in [6.45, 7) is 8.24. The topological polar surface area (TPSA) is 38.3 Å². The SMILES string of the molecule is C/C(=C\C(=O)OC(C)(C)C)NCCc1ccccc1. The van der Waals surface area contributed by atoms with Crippen LogP contribution in [-0.2, 0) is 16.0 Å². The second-order valence-corrected chi connectivity index (χ2v) is 5.52. The van der Waals surface area contributed by atoms with Crippen LogP contribution < -0.4 is 5.32 Å². The van der Waals surface area contributed by atoms with Gasteiger partial charge >= 0.3 is 5.97 Å². The third-order valence-electron chi connectivity index (χ3n) is 2.40.